The second-order valence-corrected chi connectivity index (χ2v) is 7.82. The van der Waals surface area contributed by atoms with Crippen LogP contribution in [0.4, 0.5) is 0 Å². The molecular formula is C21H25BrN2O2. The third kappa shape index (κ3) is 4.93. The zero-order valence-electron chi connectivity index (χ0n) is 15.2. The van der Waals surface area contributed by atoms with E-state index in [-0.39, 0.29) is 12.1 Å². The Hall–Kier alpha value is -1.69. The Kier molecular flexibility index (Phi) is 6.46. The molecule has 0 aliphatic carbocycles. The quantitative estimate of drug-likeness (QED) is 0.742. The number of nitrogens with zero attached hydrogens (tertiary/aromatic N) is 1. The van der Waals surface area contributed by atoms with E-state index >= 15 is 0 Å². The summed E-state index contributed by atoms with van der Waals surface area (Å²) < 4.78 is 6.48. The highest BCUT2D eigenvalue weighted by Gasteiger charge is 2.22. The summed E-state index contributed by atoms with van der Waals surface area (Å²) in [5, 5.41) is 3.59. The summed E-state index contributed by atoms with van der Waals surface area (Å²) in [4.78, 5) is 14.8. The zero-order chi connectivity index (χ0) is 18.5. The van der Waals surface area contributed by atoms with E-state index in [2.05, 4.69) is 50.4 Å². The number of esters is 1. The summed E-state index contributed by atoms with van der Waals surface area (Å²) in [7, 11) is 0. The summed E-state index contributed by atoms with van der Waals surface area (Å²) in [6.07, 6.45) is -0.114. The normalized spacial score (nSPS) is 18.1. The third-order valence-corrected chi connectivity index (χ3v) is 5.03. The lowest BCUT2D eigenvalue weighted by Crippen LogP contribution is -2.45. The molecule has 5 heteroatoms. The van der Waals surface area contributed by atoms with E-state index in [0.717, 1.165) is 36.2 Å². The maximum absolute atomic E-state index is 12.4. The molecule has 2 aromatic carbocycles. The molecule has 0 amide bonds. The van der Waals surface area contributed by atoms with E-state index in [0.29, 0.717) is 11.6 Å². The van der Waals surface area contributed by atoms with Gasteiger partial charge in [-0.05, 0) is 43.2 Å². The van der Waals surface area contributed by atoms with Crippen LogP contribution in [-0.4, -0.2) is 36.6 Å². The number of benzene rings is 2. The van der Waals surface area contributed by atoms with Gasteiger partial charge in [-0.25, -0.2) is 4.79 Å². The van der Waals surface area contributed by atoms with Crippen molar-refractivity contribution >= 4 is 21.9 Å². The first-order chi connectivity index (χ1) is 12.5. The monoisotopic (exact) mass is 416 g/mol. The van der Waals surface area contributed by atoms with Gasteiger partial charge in [0.15, 0.2) is 0 Å². The number of nitrogens with one attached hydrogen (secondary N) is 1. The molecule has 1 aliphatic rings. The van der Waals surface area contributed by atoms with E-state index in [1.807, 2.05) is 38.1 Å². The summed E-state index contributed by atoms with van der Waals surface area (Å²) in [5.41, 5.74) is 2.97. The van der Waals surface area contributed by atoms with Gasteiger partial charge in [0.25, 0.3) is 0 Å². The van der Waals surface area contributed by atoms with Crippen molar-refractivity contribution in [1.82, 2.24) is 10.2 Å². The fraction of sp³-hybridized carbons (Fsp3) is 0.381. The standard InChI is InChI=1S/C21H25BrN2O2/c1-15(2)26-21(25)19-6-4-3-5-17(19)13-24-12-11-23-20(14-24)16-7-9-18(22)10-8-16/h3-10,15,20,23H,11-14H2,1-2H3. The fourth-order valence-corrected chi connectivity index (χ4v) is 3.51. The minimum absolute atomic E-state index is 0.114. The highest BCUT2D eigenvalue weighted by Crippen LogP contribution is 2.22. The molecule has 1 saturated heterocycles. The molecule has 1 fully saturated rings. The van der Waals surface area contributed by atoms with Crippen molar-refractivity contribution in [2.45, 2.75) is 32.5 Å². The van der Waals surface area contributed by atoms with Crippen LogP contribution in [0, 0.1) is 0 Å². The maximum atomic E-state index is 12.4. The fourth-order valence-electron chi connectivity index (χ4n) is 3.25. The smallest absolute Gasteiger partial charge is 0.338 e. The van der Waals surface area contributed by atoms with Crippen molar-refractivity contribution in [1.29, 1.82) is 0 Å². The number of carbonyl (C=O) groups excluding carboxylic acids is 1. The highest BCUT2D eigenvalue weighted by molar-refractivity contribution is 9.10. The Balaban J connectivity index is 1.71. The van der Waals surface area contributed by atoms with Gasteiger partial charge in [-0.2, -0.15) is 0 Å². The first kappa shape index (κ1) is 19.1. The van der Waals surface area contributed by atoms with Crippen LogP contribution >= 0.6 is 15.9 Å². The van der Waals surface area contributed by atoms with Crippen molar-refractivity contribution in [2.75, 3.05) is 19.6 Å². The molecule has 4 nitrogen and oxygen atoms in total. The number of hydrogen-bond acceptors (Lipinski definition) is 4. The first-order valence-electron chi connectivity index (χ1n) is 9.03. The van der Waals surface area contributed by atoms with Crippen molar-refractivity contribution in [3.8, 4) is 0 Å². The summed E-state index contributed by atoms with van der Waals surface area (Å²) in [6.45, 7) is 7.30. The Bertz CT molecular complexity index is 746. The Morgan fingerprint density at radius 1 is 1.23 bits per heavy atom. The van der Waals surface area contributed by atoms with E-state index in [4.69, 9.17) is 4.74 Å². The van der Waals surface area contributed by atoms with Crippen LogP contribution in [-0.2, 0) is 11.3 Å². The molecular weight excluding hydrogens is 392 g/mol. The SMILES string of the molecule is CC(C)OC(=O)c1ccccc1CN1CCNC(c2ccc(Br)cc2)C1. The molecule has 26 heavy (non-hydrogen) atoms. The maximum Gasteiger partial charge on any atom is 0.338 e. The highest BCUT2D eigenvalue weighted by atomic mass is 79.9. The van der Waals surface area contributed by atoms with Crippen molar-refractivity contribution in [3.05, 3.63) is 69.7 Å². The van der Waals surface area contributed by atoms with Gasteiger partial charge in [0.1, 0.15) is 0 Å². The number of piperazine rings is 1. The molecule has 0 spiro atoms. The lowest BCUT2D eigenvalue weighted by atomic mass is 10.0. The van der Waals surface area contributed by atoms with E-state index in [1.54, 1.807) is 0 Å². The predicted molar refractivity (Wildman–Crippen MR) is 107 cm³/mol. The van der Waals surface area contributed by atoms with Gasteiger partial charge >= 0.3 is 5.97 Å². The second-order valence-electron chi connectivity index (χ2n) is 6.90. The van der Waals surface area contributed by atoms with Crippen LogP contribution < -0.4 is 5.32 Å². The number of rotatable bonds is 5. The average molecular weight is 417 g/mol. The van der Waals surface area contributed by atoms with E-state index in [9.17, 15) is 4.79 Å². The van der Waals surface area contributed by atoms with Crippen LogP contribution in [0.25, 0.3) is 0 Å². The molecule has 1 N–H and O–H groups in total. The topological polar surface area (TPSA) is 41.6 Å². The Morgan fingerprint density at radius 3 is 2.69 bits per heavy atom. The predicted octanol–water partition coefficient (Wildman–Crippen LogP) is 4.16. The summed E-state index contributed by atoms with van der Waals surface area (Å²) in [6, 6.07) is 16.5. The molecule has 2 aromatic rings. The van der Waals surface area contributed by atoms with E-state index < -0.39 is 0 Å². The van der Waals surface area contributed by atoms with Crippen molar-refractivity contribution in [2.24, 2.45) is 0 Å². The number of hydrogen-bond donors (Lipinski definition) is 1. The van der Waals surface area contributed by atoms with Gasteiger partial charge in [-0.3, -0.25) is 4.90 Å². The van der Waals surface area contributed by atoms with Gasteiger partial charge in [-0.15, -0.1) is 0 Å². The molecule has 1 aliphatic heterocycles. The molecule has 1 unspecified atom stereocenters. The van der Waals surface area contributed by atoms with E-state index in [1.165, 1.54) is 5.56 Å². The van der Waals surface area contributed by atoms with Crippen LogP contribution in [0.1, 0.15) is 41.4 Å². The van der Waals surface area contributed by atoms with Crippen molar-refractivity contribution in [3.63, 3.8) is 0 Å². The largest absolute Gasteiger partial charge is 0.459 e. The summed E-state index contributed by atoms with van der Waals surface area (Å²) in [5.74, 6) is -0.241. The van der Waals surface area contributed by atoms with Gasteiger partial charge in [0.2, 0.25) is 0 Å². The first-order valence-corrected chi connectivity index (χ1v) is 9.82. The van der Waals surface area contributed by atoms with Gasteiger partial charge in [-0.1, -0.05) is 46.3 Å². The number of halogens is 1. The van der Waals surface area contributed by atoms with Gasteiger partial charge in [0.05, 0.1) is 11.7 Å². The molecule has 0 aromatic heterocycles. The second kappa shape index (κ2) is 8.80. The van der Waals surface area contributed by atoms with Crippen molar-refractivity contribution < 1.29 is 9.53 Å². The van der Waals surface area contributed by atoms with Crippen LogP contribution in [0.15, 0.2) is 53.0 Å². The minimum atomic E-state index is -0.241. The summed E-state index contributed by atoms with van der Waals surface area (Å²) >= 11 is 3.49. The van der Waals surface area contributed by atoms with Gasteiger partial charge in [0, 0.05) is 36.7 Å². The minimum Gasteiger partial charge on any atom is -0.459 e. The third-order valence-electron chi connectivity index (χ3n) is 4.51. The molecule has 0 saturated carbocycles. The van der Waals surface area contributed by atoms with Crippen LogP contribution in [0.3, 0.4) is 0 Å². The molecule has 0 radical (unpaired) electrons. The van der Waals surface area contributed by atoms with Gasteiger partial charge < -0.3 is 10.1 Å². The van der Waals surface area contributed by atoms with Crippen LogP contribution in [0.5, 0.6) is 0 Å². The number of ether oxygens (including phenoxy) is 1. The number of carbonyl (C=O) groups is 1. The molecule has 1 heterocycles. The molecule has 3 rings (SSSR count). The molecule has 0 bridgehead atoms. The zero-order valence-corrected chi connectivity index (χ0v) is 16.8. The lowest BCUT2D eigenvalue weighted by Gasteiger charge is -2.34. The lowest BCUT2D eigenvalue weighted by molar-refractivity contribution is 0.0375. The molecule has 1 atom stereocenters. The Morgan fingerprint density at radius 2 is 1.96 bits per heavy atom. The Labute approximate surface area is 163 Å². The molecule has 138 valence electrons. The average Bonchev–Trinajstić information content (AvgIpc) is 2.62. The van der Waals surface area contributed by atoms with Crippen LogP contribution in [0.2, 0.25) is 0 Å².